The van der Waals surface area contributed by atoms with E-state index in [0.29, 0.717) is 28.0 Å². The fourth-order valence-electron chi connectivity index (χ4n) is 1.31. The summed E-state index contributed by atoms with van der Waals surface area (Å²) in [7, 11) is 1.54. The number of benzene rings is 1. The lowest BCUT2D eigenvalue weighted by atomic mass is 10.2. The first-order valence-electron chi connectivity index (χ1n) is 5.01. The van der Waals surface area contributed by atoms with Gasteiger partial charge in [-0.1, -0.05) is 6.92 Å². The molecule has 0 fully saturated rings. The van der Waals surface area contributed by atoms with Crippen LogP contribution in [0.15, 0.2) is 16.6 Å². The van der Waals surface area contributed by atoms with Crippen molar-refractivity contribution in [2.24, 2.45) is 0 Å². The SMILES string of the molecule is CCCC(=O)Nc1c(Br)cc(N)cc1OC. The molecule has 3 N–H and O–H groups in total. The zero-order valence-corrected chi connectivity index (χ0v) is 10.9. The maximum Gasteiger partial charge on any atom is 0.224 e. The lowest BCUT2D eigenvalue weighted by Gasteiger charge is -2.12. The number of nitrogens with one attached hydrogen (secondary N) is 1. The van der Waals surface area contributed by atoms with E-state index in [0.717, 1.165) is 6.42 Å². The molecule has 5 heteroatoms. The third-order valence-electron chi connectivity index (χ3n) is 2.04. The normalized spacial score (nSPS) is 9.94. The molecule has 0 saturated carbocycles. The number of anilines is 2. The molecular weight excluding hydrogens is 272 g/mol. The fourth-order valence-corrected chi connectivity index (χ4v) is 1.87. The Hall–Kier alpha value is -1.23. The molecule has 0 aliphatic heterocycles. The van der Waals surface area contributed by atoms with E-state index in [1.165, 1.54) is 7.11 Å². The van der Waals surface area contributed by atoms with Crippen molar-refractivity contribution in [1.82, 2.24) is 0 Å². The second kappa shape index (κ2) is 5.75. The number of amides is 1. The van der Waals surface area contributed by atoms with Gasteiger partial charge in [-0.2, -0.15) is 0 Å². The fraction of sp³-hybridized carbons (Fsp3) is 0.364. The van der Waals surface area contributed by atoms with E-state index in [2.05, 4.69) is 21.2 Å². The summed E-state index contributed by atoms with van der Waals surface area (Å²) in [5.74, 6) is 0.516. The molecule has 1 aromatic rings. The molecular formula is C11H15BrN2O2. The van der Waals surface area contributed by atoms with Crippen LogP contribution >= 0.6 is 15.9 Å². The van der Waals surface area contributed by atoms with Gasteiger partial charge in [0.15, 0.2) is 0 Å². The maximum absolute atomic E-state index is 11.5. The quantitative estimate of drug-likeness (QED) is 0.837. The van der Waals surface area contributed by atoms with Crippen LogP contribution in [0.4, 0.5) is 11.4 Å². The first kappa shape index (κ1) is 12.8. The summed E-state index contributed by atoms with van der Waals surface area (Å²) in [6.45, 7) is 1.95. The van der Waals surface area contributed by atoms with Crippen molar-refractivity contribution < 1.29 is 9.53 Å². The number of ether oxygens (including phenoxy) is 1. The molecule has 0 spiro atoms. The molecule has 1 rings (SSSR count). The molecule has 1 amide bonds. The second-order valence-electron chi connectivity index (χ2n) is 3.38. The third-order valence-corrected chi connectivity index (χ3v) is 2.66. The Morgan fingerprint density at radius 2 is 2.25 bits per heavy atom. The Labute approximate surface area is 103 Å². The predicted octanol–water partition coefficient (Wildman–Crippen LogP) is 2.78. The first-order chi connectivity index (χ1) is 7.58. The van der Waals surface area contributed by atoms with Crippen LogP contribution in [0.3, 0.4) is 0 Å². The van der Waals surface area contributed by atoms with Crippen LogP contribution in [0, 0.1) is 0 Å². The molecule has 0 saturated heterocycles. The van der Waals surface area contributed by atoms with E-state index in [-0.39, 0.29) is 5.91 Å². The summed E-state index contributed by atoms with van der Waals surface area (Å²) in [5.41, 5.74) is 6.87. The van der Waals surface area contributed by atoms with Crippen LogP contribution in [0.2, 0.25) is 0 Å². The largest absolute Gasteiger partial charge is 0.494 e. The van der Waals surface area contributed by atoms with Crippen LogP contribution < -0.4 is 15.8 Å². The Kier molecular flexibility index (Phi) is 4.61. The number of methoxy groups -OCH3 is 1. The van der Waals surface area contributed by atoms with Gasteiger partial charge in [0, 0.05) is 22.6 Å². The molecule has 0 aliphatic rings. The second-order valence-corrected chi connectivity index (χ2v) is 4.23. The standard InChI is InChI=1S/C11H15BrN2O2/c1-3-4-10(15)14-11-8(12)5-7(13)6-9(11)16-2/h5-6H,3-4,13H2,1-2H3,(H,14,15). The number of carbonyl (C=O) groups is 1. The van der Waals surface area contributed by atoms with Gasteiger partial charge in [-0.15, -0.1) is 0 Å². The average molecular weight is 287 g/mol. The van der Waals surface area contributed by atoms with Crippen LogP contribution in [0.1, 0.15) is 19.8 Å². The van der Waals surface area contributed by atoms with Crippen molar-refractivity contribution in [3.63, 3.8) is 0 Å². The lowest BCUT2D eigenvalue weighted by molar-refractivity contribution is -0.116. The van der Waals surface area contributed by atoms with Gasteiger partial charge in [0.1, 0.15) is 5.75 Å². The molecule has 4 nitrogen and oxygen atoms in total. The van der Waals surface area contributed by atoms with E-state index in [1.54, 1.807) is 12.1 Å². The number of hydrogen-bond donors (Lipinski definition) is 2. The summed E-state index contributed by atoms with van der Waals surface area (Å²) in [5, 5.41) is 2.79. The molecule has 0 unspecified atom stereocenters. The summed E-state index contributed by atoms with van der Waals surface area (Å²) in [6, 6.07) is 3.40. The molecule has 0 aliphatic carbocycles. The maximum atomic E-state index is 11.5. The van der Waals surface area contributed by atoms with Gasteiger partial charge in [-0.3, -0.25) is 4.79 Å². The number of hydrogen-bond acceptors (Lipinski definition) is 3. The monoisotopic (exact) mass is 286 g/mol. The molecule has 0 bridgehead atoms. The van der Waals surface area contributed by atoms with Gasteiger partial charge in [-0.05, 0) is 28.4 Å². The smallest absolute Gasteiger partial charge is 0.224 e. The van der Waals surface area contributed by atoms with Crippen LogP contribution in [-0.2, 0) is 4.79 Å². The highest BCUT2D eigenvalue weighted by Crippen LogP contribution is 2.35. The van der Waals surface area contributed by atoms with Crippen molar-refractivity contribution in [2.45, 2.75) is 19.8 Å². The first-order valence-corrected chi connectivity index (χ1v) is 5.80. The summed E-state index contributed by atoms with van der Waals surface area (Å²) >= 11 is 3.34. The Balaban J connectivity index is 2.98. The van der Waals surface area contributed by atoms with Gasteiger partial charge in [0.25, 0.3) is 0 Å². The van der Waals surface area contributed by atoms with Gasteiger partial charge < -0.3 is 15.8 Å². The van der Waals surface area contributed by atoms with Crippen molar-refractivity contribution in [3.05, 3.63) is 16.6 Å². The van der Waals surface area contributed by atoms with Crippen LogP contribution in [-0.4, -0.2) is 13.0 Å². The van der Waals surface area contributed by atoms with Crippen LogP contribution in [0.25, 0.3) is 0 Å². The van der Waals surface area contributed by atoms with E-state index in [9.17, 15) is 4.79 Å². The number of rotatable bonds is 4. The van der Waals surface area contributed by atoms with Gasteiger partial charge in [0.05, 0.1) is 12.8 Å². The minimum atomic E-state index is -0.0359. The average Bonchev–Trinajstić information content (AvgIpc) is 2.22. The van der Waals surface area contributed by atoms with E-state index in [4.69, 9.17) is 10.5 Å². The zero-order valence-electron chi connectivity index (χ0n) is 9.34. The van der Waals surface area contributed by atoms with Crippen molar-refractivity contribution >= 4 is 33.2 Å². The summed E-state index contributed by atoms with van der Waals surface area (Å²) < 4.78 is 5.88. The van der Waals surface area contributed by atoms with Crippen molar-refractivity contribution in [2.75, 3.05) is 18.2 Å². The third kappa shape index (κ3) is 3.13. The highest BCUT2D eigenvalue weighted by molar-refractivity contribution is 9.10. The van der Waals surface area contributed by atoms with E-state index >= 15 is 0 Å². The molecule has 1 aromatic carbocycles. The molecule has 16 heavy (non-hydrogen) atoms. The lowest BCUT2D eigenvalue weighted by Crippen LogP contribution is -2.12. The summed E-state index contributed by atoms with van der Waals surface area (Å²) in [4.78, 5) is 11.5. The van der Waals surface area contributed by atoms with Gasteiger partial charge >= 0.3 is 0 Å². The topological polar surface area (TPSA) is 64.4 Å². The highest BCUT2D eigenvalue weighted by atomic mass is 79.9. The molecule has 0 heterocycles. The number of carbonyl (C=O) groups excluding carboxylic acids is 1. The minimum Gasteiger partial charge on any atom is -0.494 e. The van der Waals surface area contributed by atoms with Crippen LogP contribution in [0.5, 0.6) is 5.75 Å². The number of halogens is 1. The predicted molar refractivity (Wildman–Crippen MR) is 68.6 cm³/mol. The van der Waals surface area contributed by atoms with Gasteiger partial charge in [-0.25, -0.2) is 0 Å². The molecule has 88 valence electrons. The van der Waals surface area contributed by atoms with Gasteiger partial charge in [0.2, 0.25) is 5.91 Å². The molecule has 0 radical (unpaired) electrons. The number of nitrogens with two attached hydrogens (primary N) is 1. The highest BCUT2D eigenvalue weighted by Gasteiger charge is 2.11. The van der Waals surface area contributed by atoms with E-state index in [1.807, 2.05) is 6.92 Å². The van der Waals surface area contributed by atoms with E-state index < -0.39 is 0 Å². The molecule has 0 atom stereocenters. The zero-order chi connectivity index (χ0) is 12.1. The van der Waals surface area contributed by atoms with Crippen molar-refractivity contribution in [3.8, 4) is 5.75 Å². The Morgan fingerprint density at radius 1 is 1.56 bits per heavy atom. The Bertz CT molecular complexity index is 394. The Morgan fingerprint density at radius 3 is 2.81 bits per heavy atom. The molecule has 0 aromatic heterocycles. The minimum absolute atomic E-state index is 0.0359. The number of nitrogen functional groups attached to an aromatic ring is 1. The summed E-state index contributed by atoms with van der Waals surface area (Å²) in [6.07, 6.45) is 1.29. The van der Waals surface area contributed by atoms with Crippen molar-refractivity contribution in [1.29, 1.82) is 0 Å².